The van der Waals surface area contributed by atoms with Crippen LogP contribution in [0.25, 0.3) is 0 Å². The first-order valence-electron chi connectivity index (χ1n) is 10.5. The third kappa shape index (κ3) is 5.53. The van der Waals surface area contributed by atoms with Crippen LogP contribution in [0.1, 0.15) is 26.5 Å². The molecule has 2 aromatic carbocycles. The fourth-order valence-electron chi connectivity index (χ4n) is 3.67. The molecule has 4 rings (SSSR count). The van der Waals surface area contributed by atoms with E-state index in [1.165, 1.54) is 6.26 Å². The maximum absolute atomic E-state index is 12.4. The number of aryl methyl sites for hydroxylation is 1. The van der Waals surface area contributed by atoms with Crippen molar-refractivity contribution in [1.29, 1.82) is 0 Å². The van der Waals surface area contributed by atoms with Crippen LogP contribution in [0.2, 0.25) is 5.02 Å². The van der Waals surface area contributed by atoms with Crippen LogP contribution in [0.4, 0.5) is 11.4 Å². The molecule has 9 heteroatoms. The van der Waals surface area contributed by atoms with Gasteiger partial charge in [-0.15, -0.1) is 0 Å². The number of hydrogen-bond donors (Lipinski definition) is 2. The van der Waals surface area contributed by atoms with Crippen molar-refractivity contribution < 1.29 is 14.0 Å². The minimum absolute atomic E-state index is 0.105. The number of benzene rings is 2. The van der Waals surface area contributed by atoms with E-state index in [1.807, 2.05) is 31.2 Å². The highest BCUT2D eigenvalue weighted by Gasteiger charge is 2.24. The first-order chi connectivity index (χ1) is 15.9. The summed E-state index contributed by atoms with van der Waals surface area (Å²) in [5.74, 6) is -0.0326. The number of carbonyl (C=O) groups excluding carboxylic acids is 2. The summed E-state index contributed by atoms with van der Waals surface area (Å²) in [5, 5.41) is 6.42. The Hall–Kier alpha value is -3.36. The fraction of sp³-hybridized carbons (Fsp3) is 0.208. The number of nitrogens with zero attached hydrogens (tertiary/aromatic N) is 2. The van der Waals surface area contributed by atoms with Crippen molar-refractivity contribution in [3.8, 4) is 0 Å². The normalized spacial score (nSPS) is 13.5. The molecule has 3 aromatic rings. The zero-order chi connectivity index (χ0) is 23.4. The number of piperazine rings is 1. The van der Waals surface area contributed by atoms with E-state index < -0.39 is 0 Å². The average molecular weight is 483 g/mol. The van der Waals surface area contributed by atoms with Crippen LogP contribution in [0.3, 0.4) is 0 Å². The van der Waals surface area contributed by atoms with E-state index in [4.69, 9.17) is 28.2 Å². The molecule has 2 amide bonds. The molecule has 33 heavy (non-hydrogen) atoms. The lowest BCUT2D eigenvalue weighted by atomic mass is 10.1. The largest absolute Gasteiger partial charge is 0.459 e. The number of rotatable bonds is 4. The molecule has 0 atom stereocenters. The van der Waals surface area contributed by atoms with Crippen molar-refractivity contribution in [3.63, 3.8) is 0 Å². The minimum atomic E-state index is -0.277. The summed E-state index contributed by atoms with van der Waals surface area (Å²) >= 11 is 11.8. The van der Waals surface area contributed by atoms with Crippen LogP contribution in [-0.2, 0) is 0 Å². The van der Waals surface area contributed by atoms with Crippen molar-refractivity contribution in [3.05, 3.63) is 82.8 Å². The monoisotopic (exact) mass is 482 g/mol. The van der Waals surface area contributed by atoms with Crippen LogP contribution in [0.5, 0.6) is 0 Å². The van der Waals surface area contributed by atoms with Gasteiger partial charge in [0.05, 0.1) is 17.0 Å². The summed E-state index contributed by atoms with van der Waals surface area (Å²) in [7, 11) is 0. The molecule has 1 aliphatic rings. The smallest absolute Gasteiger partial charge is 0.289 e. The van der Waals surface area contributed by atoms with E-state index in [0.29, 0.717) is 48.2 Å². The summed E-state index contributed by atoms with van der Waals surface area (Å²) in [5.41, 5.74) is 3.08. The molecule has 7 nitrogen and oxygen atoms in total. The summed E-state index contributed by atoms with van der Waals surface area (Å²) in [4.78, 5) is 28.7. The zero-order valence-corrected chi connectivity index (χ0v) is 19.6. The van der Waals surface area contributed by atoms with Crippen molar-refractivity contribution >= 4 is 52.1 Å². The van der Waals surface area contributed by atoms with Crippen LogP contribution in [-0.4, -0.2) is 48.0 Å². The molecular weight excluding hydrogens is 460 g/mol. The van der Waals surface area contributed by atoms with Gasteiger partial charge in [0.25, 0.3) is 11.8 Å². The van der Waals surface area contributed by atoms with Crippen molar-refractivity contribution in [1.82, 2.24) is 10.2 Å². The van der Waals surface area contributed by atoms with E-state index in [0.717, 1.165) is 11.3 Å². The van der Waals surface area contributed by atoms with Crippen molar-refractivity contribution in [2.45, 2.75) is 6.92 Å². The van der Waals surface area contributed by atoms with Crippen LogP contribution in [0.15, 0.2) is 65.3 Å². The Morgan fingerprint density at radius 3 is 2.48 bits per heavy atom. The number of nitrogens with one attached hydrogen (secondary N) is 2. The first kappa shape index (κ1) is 22.8. The minimum Gasteiger partial charge on any atom is -0.459 e. The number of carbonyl (C=O) groups is 2. The van der Waals surface area contributed by atoms with Gasteiger partial charge in [0.15, 0.2) is 10.9 Å². The maximum Gasteiger partial charge on any atom is 0.289 e. The molecular formula is C24H23ClN4O3S. The Labute approximate surface area is 202 Å². The van der Waals surface area contributed by atoms with Gasteiger partial charge in [-0.2, -0.15) is 0 Å². The van der Waals surface area contributed by atoms with Gasteiger partial charge < -0.3 is 19.5 Å². The zero-order valence-electron chi connectivity index (χ0n) is 18.0. The molecule has 0 aliphatic carbocycles. The van der Waals surface area contributed by atoms with Gasteiger partial charge >= 0.3 is 0 Å². The highest BCUT2D eigenvalue weighted by molar-refractivity contribution is 7.80. The van der Waals surface area contributed by atoms with E-state index in [-0.39, 0.29) is 16.9 Å². The summed E-state index contributed by atoms with van der Waals surface area (Å²) in [6, 6.07) is 16.2. The molecule has 1 aromatic heterocycles. The fourth-order valence-corrected chi connectivity index (χ4v) is 4.18. The predicted molar refractivity (Wildman–Crippen MR) is 133 cm³/mol. The second-order valence-corrected chi connectivity index (χ2v) is 8.52. The van der Waals surface area contributed by atoms with Crippen molar-refractivity contribution in [2.75, 3.05) is 36.4 Å². The Kier molecular flexibility index (Phi) is 6.96. The SMILES string of the molecule is Cc1cccc(C(=O)NC(=S)Nc2ccc(N3CCN(C(=O)c4ccco4)CC3)c(Cl)c2)c1. The van der Waals surface area contributed by atoms with Gasteiger partial charge in [0.2, 0.25) is 0 Å². The van der Waals surface area contributed by atoms with E-state index in [1.54, 1.807) is 35.2 Å². The Morgan fingerprint density at radius 2 is 1.82 bits per heavy atom. The summed E-state index contributed by atoms with van der Waals surface area (Å²) in [6.07, 6.45) is 1.50. The van der Waals surface area contributed by atoms with Gasteiger partial charge in [0.1, 0.15) is 0 Å². The molecule has 0 unspecified atom stereocenters. The number of furan rings is 1. The lowest BCUT2D eigenvalue weighted by Crippen LogP contribution is -2.48. The van der Waals surface area contributed by atoms with Crippen LogP contribution >= 0.6 is 23.8 Å². The molecule has 0 bridgehead atoms. The molecule has 0 saturated carbocycles. The predicted octanol–water partition coefficient (Wildman–Crippen LogP) is 4.33. The second-order valence-electron chi connectivity index (χ2n) is 7.70. The van der Waals surface area contributed by atoms with Gasteiger partial charge in [-0.3, -0.25) is 14.9 Å². The topological polar surface area (TPSA) is 77.8 Å². The molecule has 1 aliphatic heterocycles. The second kappa shape index (κ2) is 10.1. The molecule has 170 valence electrons. The van der Waals surface area contributed by atoms with Gasteiger partial charge in [-0.1, -0.05) is 29.3 Å². The quantitative estimate of drug-likeness (QED) is 0.539. The van der Waals surface area contributed by atoms with E-state index in [9.17, 15) is 9.59 Å². The van der Waals surface area contributed by atoms with Crippen LogP contribution in [0, 0.1) is 6.92 Å². The third-order valence-corrected chi connectivity index (χ3v) is 5.86. The Morgan fingerprint density at radius 1 is 1.03 bits per heavy atom. The molecule has 2 N–H and O–H groups in total. The number of anilines is 2. The number of thiocarbonyl (C=S) groups is 1. The molecule has 0 spiro atoms. The van der Waals surface area contributed by atoms with Crippen molar-refractivity contribution in [2.24, 2.45) is 0 Å². The Balaban J connectivity index is 1.33. The number of amides is 2. The molecule has 0 radical (unpaired) electrons. The number of hydrogen-bond acceptors (Lipinski definition) is 5. The highest BCUT2D eigenvalue weighted by Crippen LogP contribution is 2.30. The summed E-state index contributed by atoms with van der Waals surface area (Å²) in [6.45, 7) is 4.39. The van der Waals surface area contributed by atoms with Gasteiger partial charge in [-0.25, -0.2) is 0 Å². The highest BCUT2D eigenvalue weighted by atomic mass is 35.5. The van der Waals surface area contributed by atoms with Gasteiger partial charge in [0, 0.05) is 37.4 Å². The Bertz CT molecular complexity index is 1170. The van der Waals surface area contributed by atoms with Crippen LogP contribution < -0.4 is 15.5 Å². The molecule has 1 saturated heterocycles. The van der Waals surface area contributed by atoms with E-state index >= 15 is 0 Å². The van der Waals surface area contributed by atoms with E-state index in [2.05, 4.69) is 15.5 Å². The van der Waals surface area contributed by atoms with Gasteiger partial charge in [-0.05, 0) is 61.6 Å². The average Bonchev–Trinajstić information content (AvgIpc) is 3.34. The molecule has 2 heterocycles. The first-order valence-corrected chi connectivity index (χ1v) is 11.3. The standard InChI is InChI=1S/C24H23ClN4O3S/c1-16-4-2-5-17(14-16)22(30)27-24(33)26-18-7-8-20(19(25)15-18)28-9-11-29(12-10-28)23(31)21-6-3-13-32-21/h2-8,13-15H,9-12H2,1H3,(H2,26,27,30,33). The third-order valence-electron chi connectivity index (χ3n) is 5.35. The summed E-state index contributed by atoms with van der Waals surface area (Å²) < 4.78 is 5.21. The lowest BCUT2D eigenvalue weighted by Gasteiger charge is -2.36. The maximum atomic E-state index is 12.4. The lowest BCUT2D eigenvalue weighted by molar-refractivity contribution is 0.0714. The number of halogens is 1. The molecule has 1 fully saturated rings.